The van der Waals surface area contributed by atoms with Gasteiger partial charge in [-0.25, -0.2) is 0 Å². The van der Waals surface area contributed by atoms with E-state index < -0.39 is 0 Å². The molecule has 0 fully saturated rings. The van der Waals surface area contributed by atoms with E-state index in [0.29, 0.717) is 11.3 Å². The first-order chi connectivity index (χ1) is 7.04. The summed E-state index contributed by atoms with van der Waals surface area (Å²) < 4.78 is 0.801. The molecule has 0 bridgehead atoms. The van der Waals surface area contributed by atoms with Crippen molar-refractivity contribution in [2.75, 3.05) is 5.73 Å². The Labute approximate surface area is 97.2 Å². The minimum atomic E-state index is -0.309. The molecule has 0 heterocycles. The molecular formula is C11H11BrN2O. The van der Waals surface area contributed by atoms with Crippen molar-refractivity contribution < 1.29 is 4.79 Å². The molecule has 0 radical (unpaired) electrons. The maximum Gasteiger partial charge on any atom is 0.254 e. The highest BCUT2D eigenvalue weighted by atomic mass is 79.9. The first-order valence-corrected chi connectivity index (χ1v) is 5.16. The van der Waals surface area contributed by atoms with Crippen LogP contribution in [0.5, 0.6) is 0 Å². The maximum atomic E-state index is 11.7. The number of rotatable bonds is 2. The van der Waals surface area contributed by atoms with Crippen LogP contribution < -0.4 is 11.1 Å². The summed E-state index contributed by atoms with van der Waals surface area (Å²) in [6.07, 6.45) is 5.16. The molecule has 0 aromatic heterocycles. The molecule has 0 aliphatic heterocycles. The van der Waals surface area contributed by atoms with Gasteiger partial charge in [-0.3, -0.25) is 4.79 Å². The van der Waals surface area contributed by atoms with Gasteiger partial charge in [-0.1, -0.05) is 21.9 Å². The number of benzene rings is 1. The lowest BCUT2D eigenvalue weighted by Crippen LogP contribution is -2.31. The summed E-state index contributed by atoms with van der Waals surface area (Å²) in [6.45, 7) is 1.73. The number of nitrogens with one attached hydrogen (secondary N) is 1. The molecule has 1 aromatic rings. The summed E-state index contributed by atoms with van der Waals surface area (Å²) in [5.74, 6) is 2.15. The molecule has 3 nitrogen and oxygen atoms in total. The number of hydrogen-bond donors (Lipinski definition) is 2. The van der Waals surface area contributed by atoms with Gasteiger partial charge in [-0.15, -0.1) is 6.42 Å². The summed E-state index contributed by atoms with van der Waals surface area (Å²) >= 11 is 3.27. The molecule has 3 N–H and O–H groups in total. The van der Waals surface area contributed by atoms with E-state index in [1.165, 1.54) is 0 Å². The quantitative estimate of drug-likeness (QED) is 0.634. The Morgan fingerprint density at radius 1 is 1.67 bits per heavy atom. The zero-order chi connectivity index (χ0) is 11.4. The van der Waals surface area contributed by atoms with Crippen LogP contribution in [0.25, 0.3) is 0 Å². The van der Waals surface area contributed by atoms with E-state index in [0.717, 1.165) is 4.47 Å². The summed E-state index contributed by atoms with van der Waals surface area (Å²) in [5.41, 5.74) is 6.53. The fourth-order valence-corrected chi connectivity index (χ4v) is 1.40. The highest BCUT2D eigenvalue weighted by molar-refractivity contribution is 9.10. The fraction of sp³-hybridized carbons (Fsp3) is 0.182. The molecule has 0 aliphatic carbocycles. The molecule has 1 rings (SSSR count). The zero-order valence-electron chi connectivity index (χ0n) is 8.25. The van der Waals surface area contributed by atoms with Crippen molar-refractivity contribution in [3.63, 3.8) is 0 Å². The number of carbonyl (C=O) groups excluding carboxylic acids is 1. The van der Waals surface area contributed by atoms with E-state index in [-0.39, 0.29) is 11.9 Å². The first-order valence-electron chi connectivity index (χ1n) is 4.36. The van der Waals surface area contributed by atoms with Gasteiger partial charge in [0.1, 0.15) is 0 Å². The third-order valence-corrected chi connectivity index (χ3v) is 2.35. The number of terminal acetylenes is 1. The Kier molecular flexibility index (Phi) is 3.75. The van der Waals surface area contributed by atoms with Crippen LogP contribution in [-0.4, -0.2) is 11.9 Å². The summed E-state index contributed by atoms with van der Waals surface area (Å²) in [5, 5.41) is 2.64. The molecule has 0 spiro atoms. The number of nitrogens with two attached hydrogens (primary N) is 1. The third kappa shape index (κ3) is 3.00. The van der Waals surface area contributed by atoms with Crippen molar-refractivity contribution >= 4 is 27.5 Å². The molecule has 1 atom stereocenters. The van der Waals surface area contributed by atoms with Crippen LogP contribution in [0.15, 0.2) is 22.7 Å². The van der Waals surface area contributed by atoms with Crippen LogP contribution in [0.2, 0.25) is 0 Å². The number of amides is 1. The van der Waals surface area contributed by atoms with Crippen LogP contribution in [0, 0.1) is 12.3 Å². The van der Waals surface area contributed by atoms with Gasteiger partial charge in [-0.2, -0.15) is 0 Å². The lowest BCUT2D eigenvalue weighted by atomic mass is 10.1. The van der Waals surface area contributed by atoms with Crippen LogP contribution in [0.1, 0.15) is 17.3 Å². The largest absolute Gasteiger partial charge is 0.398 e. The topological polar surface area (TPSA) is 55.1 Å². The van der Waals surface area contributed by atoms with Crippen molar-refractivity contribution in [2.45, 2.75) is 13.0 Å². The standard InChI is InChI=1S/C11H11BrN2O/c1-3-7(2)14-11(15)9-6-8(12)4-5-10(9)13/h1,4-7H,13H2,2H3,(H,14,15). The van der Waals surface area contributed by atoms with Gasteiger partial charge in [-0.05, 0) is 25.1 Å². The molecule has 0 saturated carbocycles. The normalized spacial score (nSPS) is 11.5. The highest BCUT2D eigenvalue weighted by Crippen LogP contribution is 2.18. The average Bonchev–Trinajstić information content (AvgIpc) is 2.21. The van der Waals surface area contributed by atoms with Crippen LogP contribution >= 0.6 is 15.9 Å². The SMILES string of the molecule is C#CC(C)NC(=O)c1cc(Br)ccc1N. The Morgan fingerprint density at radius 3 is 2.93 bits per heavy atom. The summed E-state index contributed by atoms with van der Waals surface area (Å²) in [6, 6.07) is 4.79. The van der Waals surface area contributed by atoms with E-state index in [1.54, 1.807) is 25.1 Å². The third-order valence-electron chi connectivity index (χ3n) is 1.86. The molecule has 1 unspecified atom stereocenters. The van der Waals surface area contributed by atoms with Gasteiger partial charge < -0.3 is 11.1 Å². The Bertz CT molecular complexity index is 423. The molecule has 78 valence electrons. The number of carbonyl (C=O) groups is 1. The number of hydrogen-bond acceptors (Lipinski definition) is 2. The van der Waals surface area contributed by atoms with Crippen LogP contribution in [-0.2, 0) is 0 Å². The predicted octanol–water partition coefficient (Wildman–Crippen LogP) is 1.78. The van der Waals surface area contributed by atoms with Crippen molar-refractivity contribution in [2.24, 2.45) is 0 Å². The Balaban J connectivity index is 2.92. The Morgan fingerprint density at radius 2 is 2.33 bits per heavy atom. The second-order valence-electron chi connectivity index (χ2n) is 3.09. The lowest BCUT2D eigenvalue weighted by Gasteiger charge is -2.09. The minimum Gasteiger partial charge on any atom is -0.398 e. The van der Waals surface area contributed by atoms with Crippen molar-refractivity contribution in [1.82, 2.24) is 5.32 Å². The van der Waals surface area contributed by atoms with Gasteiger partial charge in [0.05, 0.1) is 11.6 Å². The van der Waals surface area contributed by atoms with Gasteiger partial charge >= 0.3 is 0 Å². The average molecular weight is 267 g/mol. The summed E-state index contributed by atoms with van der Waals surface area (Å²) in [7, 11) is 0. The van der Waals surface area contributed by atoms with Crippen LogP contribution in [0.4, 0.5) is 5.69 Å². The van der Waals surface area contributed by atoms with E-state index in [2.05, 4.69) is 27.2 Å². The fourth-order valence-electron chi connectivity index (χ4n) is 1.04. The predicted molar refractivity (Wildman–Crippen MR) is 64.3 cm³/mol. The minimum absolute atomic E-state index is 0.265. The first kappa shape index (κ1) is 11.6. The monoisotopic (exact) mass is 266 g/mol. The lowest BCUT2D eigenvalue weighted by molar-refractivity contribution is 0.0949. The van der Waals surface area contributed by atoms with E-state index >= 15 is 0 Å². The number of halogens is 1. The Hall–Kier alpha value is -1.47. The van der Waals surface area contributed by atoms with E-state index in [9.17, 15) is 4.79 Å². The van der Waals surface area contributed by atoms with Crippen molar-refractivity contribution in [3.8, 4) is 12.3 Å². The second kappa shape index (κ2) is 4.85. The van der Waals surface area contributed by atoms with Crippen molar-refractivity contribution in [3.05, 3.63) is 28.2 Å². The van der Waals surface area contributed by atoms with Gasteiger partial charge in [0.15, 0.2) is 0 Å². The van der Waals surface area contributed by atoms with E-state index in [1.807, 2.05) is 0 Å². The molecule has 0 aliphatic rings. The molecule has 15 heavy (non-hydrogen) atoms. The molecular weight excluding hydrogens is 256 g/mol. The van der Waals surface area contributed by atoms with Crippen LogP contribution in [0.3, 0.4) is 0 Å². The number of anilines is 1. The molecule has 4 heteroatoms. The second-order valence-corrected chi connectivity index (χ2v) is 4.01. The number of nitrogen functional groups attached to an aromatic ring is 1. The molecule has 1 aromatic carbocycles. The van der Waals surface area contributed by atoms with Gasteiger partial charge in [0.25, 0.3) is 5.91 Å². The van der Waals surface area contributed by atoms with Crippen molar-refractivity contribution in [1.29, 1.82) is 0 Å². The summed E-state index contributed by atoms with van der Waals surface area (Å²) in [4.78, 5) is 11.7. The zero-order valence-corrected chi connectivity index (χ0v) is 9.84. The smallest absolute Gasteiger partial charge is 0.254 e. The maximum absolute atomic E-state index is 11.7. The highest BCUT2D eigenvalue weighted by Gasteiger charge is 2.11. The van der Waals surface area contributed by atoms with E-state index in [4.69, 9.17) is 12.2 Å². The molecule has 0 saturated heterocycles. The van der Waals surface area contributed by atoms with Gasteiger partial charge in [0.2, 0.25) is 0 Å². The molecule has 1 amide bonds. The van der Waals surface area contributed by atoms with Gasteiger partial charge in [0, 0.05) is 10.2 Å².